The van der Waals surface area contributed by atoms with Crippen LogP contribution in [0.15, 0.2) is 18.5 Å². The normalized spacial score (nSPS) is 17.1. The molecule has 1 aliphatic rings. The van der Waals surface area contributed by atoms with E-state index in [2.05, 4.69) is 10.1 Å². The second kappa shape index (κ2) is 4.38. The Bertz CT molecular complexity index is 587. The van der Waals surface area contributed by atoms with Crippen LogP contribution in [0.2, 0.25) is 0 Å². The molecule has 3 heterocycles. The molecule has 3 rings (SSSR count). The van der Waals surface area contributed by atoms with Crippen molar-refractivity contribution in [2.45, 2.75) is 18.9 Å². The average molecular weight is 246 g/mol. The first kappa shape index (κ1) is 11.2. The molecular weight excluding hydrogens is 232 g/mol. The first-order valence-electron chi connectivity index (χ1n) is 5.97. The summed E-state index contributed by atoms with van der Waals surface area (Å²) in [6.45, 7) is 1.48. The number of fused-ring (bicyclic) bond motifs is 1. The van der Waals surface area contributed by atoms with E-state index in [1.165, 1.54) is 0 Å². The van der Waals surface area contributed by atoms with Crippen LogP contribution in [0, 0.1) is 0 Å². The maximum absolute atomic E-state index is 11.3. The van der Waals surface area contributed by atoms with E-state index in [9.17, 15) is 4.79 Å². The van der Waals surface area contributed by atoms with Crippen molar-refractivity contribution in [1.82, 2.24) is 14.8 Å². The molecule has 0 spiro atoms. The number of amides is 1. The zero-order valence-corrected chi connectivity index (χ0v) is 9.87. The predicted octanol–water partition coefficient (Wildman–Crippen LogP) is 0.882. The van der Waals surface area contributed by atoms with Crippen molar-refractivity contribution in [3.63, 3.8) is 0 Å². The predicted molar refractivity (Wildman–Crippen MR) is 65.1 cm³/mol. The lowest BCUT2D eigenvalue weighted by Gasteiger charge is -2.22. The van der Waals surface area contributed by atoms with Crippen LogP contribution in [0.25, 0.3) is 11.0 Å². The van der Waals surface area contributed by atoms with Crippen molar-refractivity contribution >= 4 is 16.9 Å². The lowest BCUT2D eigenvalue weighted by atomic mass is 10.1. The molecule has 1 fully saturated rings. The molecule has 0 radical (unpaired) electrons. The van der Waals surface area contributed by atoms with Gasteiger partial charge in [0.15, 0.2) is 5.65 Å². The van der Waals surface area contributed by atoms with E-state index < -0.39 is 5.91 Å². The molecule has 0 aromatic carbocycles. The summed E-state index contributed by atoms with van der Waals surface area (Å²) in [4.78, 5) is 15.6. The maximum atomic E-state index is 11.3. The van der Waals surface area contributed by atoms with Crippen LogP contribution in [-0.2, 0) is 4.74 Å². The number of nitrogens with zero attached hydrogens (tertiary/aromatic N) is 3. The van der Waals surface area contributed by atoms with E-state index in [0.717, 1.165) is 37.1 Å². The molecular formula is C12H14N4O2. The molecule has 2 aromatic heterocycles. The van der Waals surface area contributed by atoms with E-state index in [4.69, 9.17) is 10.5 Å². The van der Waals surface area contributed by atoms with E-state index in [0.29, 0.717) is 5.56 Å². The fourth-order valence-electron chi connectivity index (χ4n) is 2.36. The van der Waals surface area contributed by atoms with Crippen LogP contribution < -0.4 is 5.73 Å². The van der Waals surface area contributed by atoms with E-state index >= 15 is 0 Å². The molecule has 0 bridgehead atoms. The Hall–Kier alpha value is -1.95. The van der Waals surface area contributed by atoms with Crippen LogP contribution in [0.1, 0.15) is 29.2 Å². The van der Waals surface area contributed by atoms with Gasteiger partial charge in [-0.05, 0) is 18.9 Å². The molecule has 0 saturated carbocycles. The smallest absolute Gasteiger partial charge is 0.249 e. The summed E-state index contributed by atoms with van der Waals surface area (Å²) in [7, 11) is 0. The minimum Gasteiger partial charge on any atom is -0.381 e. The van der Waals surface area contributed by atoms with Gasteiger partial charge in [0, 0.05) is 19.4 Å². The Morgan fingerprint density at radius 1 is 1.44 bits per heavy atom. The summed E-state index contributed by atoms with van der Waals surface area (Å²) in [6.07, 6.45) is 5.09. The molecule has 6 nitrogen and oxygen atoms in total. The summed E-state index contributed by atoms with van der Waals surface area (Å²) in [5, 5.41) is 5.07. The number of nitrogens with two attached hydrogens (primary N) is 1. The van der Waals surface area contributed by atoms with Crippen molar-refractivity contribution < 1.29 is 9.53 Å². The number of ether oxygens (including phenoxy) is 1. The molecule has 94 valence electrons. The second-order valence-electron chi connectivity index (χ2n) is 4.39. The monoisotopic (exact) mass is 246 g/mol. The lowest BCUT2D eigenvalue weighted by molar-refractivity contribution is 0.0673. The highest BCUT2D eigenvalue weighted by Gasteiger charge is 2.20. The molecule has 1 saturated heterocycles. The fraction of sp³-hybridized carbons (Fsp3) is 0.417. The van der Waals surface area contributed by atoms with Crippen molar-refractivity contribution in [3.8, 4) is 0 Å². The first-order chi connectivity index (χ1) is 8.77. The minimum atomic E-state index is -0.450. The number of hydrogen-bond donors (Lipinski definition) is 1. The third-order valence-corrected chi connectivity index (χ3v) is 3.30. The largest absolute Gasteiger partial charge is 0.381 e. The van der Waals surface area contributed by atoms with Gasteiger partial charge in [0.2, 0.25) is 5.91 Å². The molecule has 1 aliphatic heterocycles. The van der Waals surface area contributed by atoms with Gasteiger partial charge in [-0.25, -0.2) is 9.67 Å². The Morgan fingerprint density at radius 3 is 2.94 bits per heavy atom. The highest BCUT2D eigenvalue weighted by atomic mass is 16.5. The molecule has 0 aliphatic carbocycles. The zero-order valence-electron chi connectivity index (χ0n) is 9.87. The van der Waals surface area contributed by atoms with E-state index in [1.54, 1.807) is 18.5 Å². The number of rotatable bonds is 2. The van der Waals surface area contributed by atoms with Gasteiger partial charge in [-0.1, -0.05) is 0 Å². The molecule has 2 aromatic rings. The van der Waals surface area contributed by atoms with Crippen LogP contribution >= 0.6 is 0 Å². The Morgan fingerprint density at radius 2 is 2.22 bits per heavy atom. The van der Waals surface area contributed by atoms with Gasteiger partial charge in [-0.15, -0.1) is 0 Å². The highest BCUT2D eigenvalue weighted by molar-refractivity contribution is 6.04. The molecule has 0 atom stereocenters. The van der Waals surface area contributed by atoms with Gasteiger partial charge >= 0.3 is 0 Å². The molecule has 0 unspecified atom stereocenters. The molecule has 6 heteroatoms. The molecule has 2 N–H and O–H groups in total. The van der Waals surface area contributed by atoms with Crippen molar-refractivity contribution in [1.29, 1.82) is 0 Å². The van der Waals surface area contributed by atoms with Crippen LogP contribution in [0.3, 0.4) is 0 Å². The third-order valence-electron chi connectivity index (χ3n) is 3.30. The van der Waals surface area contributed by atoms with Gasteiger partial charge < -0.3 is 10.5 Å². The number of carbonyl (C=O) groups excluding carboxylic acids is 1. The quantitative estimate of drug-likeness (QED) is 0.852. The number of hydrogen-bond acceptors (Lipinski definition) is 4. The van der Waals surface area contributed by atoms with Crippen molar-refractivity contribution in [2.24, 2.45) is 5.73 Å². The van der Waals surface area contributed by atoms with Gasteiger partial charge in [0.05, 0.1) is 23.2 Å². The maximum Gasteiger partial charge on any atom is 0.249 e. The van der Waals surface area contributed by atoms with Crippen molar-refractivity contribution in [2.75, 3.05) is 13.2 Å². The first-order valence-corrected chi connectivity index (χ1v) is 5.97. The SMILES string of the molecule is NC(=O)c1ccnc2c1cnn2C1CCOCC1. The Kier molecular flexibility index (Phi) is 2.71. The topological polar surface area (TPSA) is 83.0 Å². The van der Waals surface area contributed by atoms with Gasteiger partial charge in [-0.3, -0.25) is 4.79 Å². The lowest BCUT2D eigenvalue weighted by Crippen LogP contribution is -2.20. The summed E-state index contributed by atoms with van der Waals surface area (Å²) in [6, 6.07) is 1.91. The molecule has 1 amide bonds. The second-order valence-corrected chi connectivity index (χ2v) is 4.39. The van der Waals surface area contributed by atoms with Gasteiger partial charge in [0.1, 0.15) is 0 Å². The Balaban J connectivity index is 2.08. The van der Waals surface area contributed by atoms with E-state index in [-0.39, 0.29) is 6.04 Å². The van der Waals surface area contributed by atoms with Gasteiger partial charge in [-0.2, -0.15) is 5.10 Å². The summed E-state index contributed by atoms with van der Waals surface area (Å²) in [5.74, 6) is -0.450. The van der Waals surface area contributed by atoms with Crippen LogP contribution in [0.5, 0.6) is 0 Å². The third kappa shape index (κ3) is 1.74. The number of pyridine rings is 1. The van der Waals surface area contributed by atoms with Crippen LogP contribution in [0.4, 0.5) is 0 Å². The van der Waals surface area contributed by atoms with Crippen LogP contribution in [-0.4, -0.2) is 33.9 Å². The number of aromatic nitrogens is 3. The number of carbonyl (C=O) groups is 1. The molecule has 18 heavy (non-hydrogen) atoms. The van der Waals surface area contributed by atoms with E-state index in [1.807, 2.05) is 4.68 Å². The van der Waals surface area contributed by atoms with Gasteiger partial charge in [0.25, 0.3) is 0 Å². The summed E-state index contributed by atoms with van der Waals surface area (Å²) >= 11 is 0. The number of primary amides is 1. The Labute approximate surface area is 104 Å². The summed E-state index contributed by atoms with van der Waals surface area (Å²) < 4.78 is 7.22. The van der Waals surface area contributed by atoms with Crippen molar-refractivity contribution in [3.05, 3.63) is 24.0 Å². The zero-order chi connectivity index (χ0) is 12.5. The standard InChI is InChI=1S/C12H14N4O2/c13-11(17)9-1-4-14-12-10(9)7-15-16(12)8-2-5-18-6-3-8/h1,4,7-8H,2-3,5-6H2,(H2,13,17). The average Bonchev–Trinajstić information content (AvgIpc) is 2.83. The highest BCUT2D eigenvalue weighted by Crippen LogP contribution is 2.25. The minimum absolute atomic E-state index is 0.284. The fourth-order valence-corrected chi connectivity index (χ4v) is 2.36. The summed E-state index contributed by atoms with van der Waals surface area (Å²) in [5.41, 5.74) is 6.54.